The fourth-order valence-corrected chi connectivity index (χ4v) is 2.74. The van der Waals surface area contributed by atoms with E-state index >= 15 is 0 Å². The van der Waals surface area contributed by atoms with Crippen LogP contribution in [0.15, 0.2) is 48.5 Å². The molecule has 0 bridgehead atoms. The van der Waals surface area contributed by atoms with Crippen molar-refractivity contribution in [2.75, 3.05) is 5.43 Å². The van der Waals surface area contributed by atoms with Gasteiger partial charge in [0.05, 0.1) is 0 Å². The predicted octanol–water partition coefficient (Wildman–Crippen LogP) is 4.37. The van der Waals surface area contributed by atoms with Gasteiger partial charge in [-0.1, -0.05) is 71.3 Å². The van der Waals surface area contributed by atoms with Gasteiger partial charge in [0.1, 0.15) is 0 Å². The van der Waals surface area contributed by atoms with Gasteiger partial charge in [0, 0.05) is 11.1 Å². The number of nitrogens with two attached hydrogens (primary N) is 1. The van der Waals surface area contributed by atoms with Crippen molar-refractivity contribution in [1.29, 1.82) is 0 Å². The van der Waals surface area contributed by atoms with E-state index in [-0.39, 0.29) is 0 Å². The van der Waals surface area contributed by atoms with Crippen molar-refractivity contribution in [3.8, 4) is 22.3 Å². The second-order valence-corrected chi connectivity index (χ2v) is 5.82. The molecular weight excluding hydrogens is 308 g/mol. The van der Waals surface area contributed by atoms with Crippen LogP contribution in [0.2, 0.25) is 5.15 Å². The van der Waals surface area contributed by atoms with Crippen LogP contribution in [0.5, 0.6) is 0 Å². The number of anilines is 1. The molecule has 0 fully saturated rings. The van der Waals surface area contributed by atoms with Gasteiger partial charge >= 0.3 is 0 Å². The molecule has 0 saturated carbocycles. The normalized spacial score (nSPS) is 10.6. The molecule has 3 N–H and O–H groups in total. The lowest BCUT2D eigenvalue weighted by Gasteiger charge is -2.15. The number of rotatable bonds is 3. The molecular formula is C18H17ClN4. The number of nitrogen functional groups attached to an aromatic ring is 1. The summed E-state index contributed by atoms with van der Waals surface area (Å²) in [5, 5.41) is 8.46. The molecule has 23 heavy (non-hydrogen) atoms. The Balaban J connectivity index is 2.29. The molecule has 5 heteroatoms. The van der Waals surface area contributed by atoms with E-state index in [4.69, 9.17) is 17.4 Å². The van der Waals surface area contributed by atoms with Crippen LogP contribution in [0.25, 0.3) is 22.3 Å². The number of nitrogens with one attached hydrogen (secondary N) is 1. The molecule has 0 aliphatic rings. The number of hydrogen-bond acceptors (Lipinski definition) is 4. The highest BCUT2D eigenvalue weighted by Gasteiger charge is 2.18. The third kappa shape index (κ3) is 3.04. The number of aryl methyl sites for hydroxylation is 2. The molecule has 2 aromatic carbocycles. The Morgan fingerprint density at radius 1 is 0.783 bits per heavy atom. The molecule has 0 atom stereocenters. The third-order valence-corrected chi connectivity index (χ3v) is 4.01. The van der Waals surface area contributed by atoms with Crippen LogP contribution < -0.4 is 11.3 Å². The van der Waals surface area contributed by atoms with E-state index in [1.807, 2.05) is 62.4 Å². The number of benzene rings is 2. The molecule has 0 unspecified atom stereocenters. The molecule has 0 aliphatic carbocycles. The molecule has 0 radical (unpaired) electrons. The first-order valence-electron chi connectivity index (χ1n) is 7.27. The molecule has 1 aromatic heterocycles. The monoisotopic (exact) mass is 324 g/mol. The maximum atomic E-state index is 6.37. The topological polar surface area (TPSA) is 63.8 Å². The Morgan fingerprint density at radius 3 is 1.74 bits per heavy atom. The Hall–Kier alpha value is -2.43. The van der Waals surface area contributed by atoms with E-state index in [9.17, 15) is 0 Å². The molecule has 116 valence electrons. The average Bonchev–Trinajstić information content (AvgIpc) is 2.56. The molecule has 0 spiro atoms. The minimum absolute atomic E-state index is 0.350. The Kier molecular flexibility index (Phi) is 4.28. The minimum atomic E-state index is 0.350. The first-order chi connectivity index (χ1) is 11.1. The SMILES string of the molecule is Cc1ccc(-c2c(Cl)nnc(NN)c2-c2ccc(C)cc2)cc1. The van der Waals surface area contributed by atoms with E-state index < -0.39 is 0 Å². The summed E-state index contributed by atoms with van der Waals surface area (Å²) in [5.41, 5.74) is 8.61. The van der Waals surface area contributed by atoms with Gasteiger partial charge in [0.2, 0.25) is 0 Å². The first kappa shape index (κ1) is 15.5. The summed E-state index contributed by atoms with van der Waals surface area (Å²) in [6.07, 6.45) is 0. The molecule has 3 aromatic rings. The predicted molar refractivity (Wildman–Crippen MR) is 95.2 cm³/mol. The van der Waals surface area contributed by atoms with Gasteiger partial charge in [-0.05, 0) is 25.0 Å². The van der Waals surface area contributed by atoms with Gasteiger partial charge in [-0.3, -0.25) is 0 Å². The van der Waals surface area contributed by atoms with E-state index in [1.54, 1.807) is 0 Å². The van der Waals surface area contributed by atoms with Crippen LogP contribution in [0.3, 0.4) is 0 Å². The number of hydrogen-bond donors (Lipinski definition) is 2. The largest absolute Gasteiger partial charge is 0.306 e. The van der Waals surface area contributed by atoms with Crippen molar-refractivity contribution in [1.82, 2.24) is 10.2 Å². The number of halogens is 1. The highest BCUT2D eigenvalue weighted by Crippen LogP contribution is 2.39. The fraction of sp³-hybridized carbons (Fsp3) is 0.111. The lowest BCUT2D eigenvalue weighted by molar-refractivity contribution is 1.02. The van der Waals surface area contributed by atoms with Crippen LogP contribution in [0.1, 0.15) is 11.1 Å². The summed E-state index contributed by atoms with van der Waals surface area (Å²) in [7, 11) is 0. The van der Waals surface area contributed by atoms with Crippen molar-refractivity contribution < 1.29 is 0 Å². The van der Waals surface area contributed by atoms with Crippen LogP contribution in [-0.2, 0) is 0 Å². The standard InChI is InChI=1S/C18H17ClN4/c1-11-3-7-13(8-4-11)15-16(14-9-5-12(2)6-10-14)18(21-20)23-22-17(15)19/h3-10H,20H2,1-2H3,(H,21,23). The second kappa shape index (κ2) is 6.36. The lowest BCUT2D eigenvalue weighted by atomic mass is 9.95. The molecule has 0 saturated heterocycles. The van der Waals surface area contributed by atoms with Crippen LogP contribution >= 0.6 is 11.6 Å². The van der Waals surface area contributed by atoms with Crippen molar-refractivity contribution >= 4 is 17.4 Å². The first-order valence-corrected chi connectivity index (χ1v) is 7.65. The molecule has 0 amide bonds. The Labute approximate surface area is 140 Å². The van der Waals surface area contributed by atoms with Gasteiger partial charge in [-0.15, -0.1) is 10.2 Å². The van der Waals surface area contributed by atoms with Crippen LogP contribution in [-0.4, -0.2) is 10.2 Å². The molecule has 3 rings (SSSR count). The van der Waals surface area contributed by atoms with Crippen molar-refractivity contribution in [2.45, 2.75) is 13.8 Å². The van der Waals surface area contributed by atoms with Crippen molar-refractivity contribution in [3.63, 3.8) is 0 Å². The van der Waals surface area contributed by atoms with E-state index in [0.717, 1.165) is 22.3 Å². The van der Waals surface area contributed by atoms with Gasteiger partial charge < -0.3 is 5.43 Å². The molecule has 1 heterocycles. The minimum Gasteiger partial charge on any atom is -0.306 e. The zero-order valence-electron chi connectivity index (χ0n) is 13.0. The van der Waals surface area contributed by atoms with Crippen molar-refractivity contribution in [2.24, 2.45) is 5.84 Å². The average molecular weight is 325 g/mol. The fourth-order valence-electron chi connectivity index (χ4n) is 2.50. The molecule has 4 nitrogen and oxygen atoms in total. The van der Waals surface area contributed by atoms with Crippen LogP contribution in [0.4, 0.5) is 5.82 Å². The Bertz CT molecular complexity index is 827. The second-order valence-electron chi connectivity index (χ2n) is 5.47. The smallest absolute Gasteiger partial charge is 0.171 e. The zero-order valence-corrected chi connectivity index (χ0v) is 13.7. The maximum Gasteiger partial charge on any atom is 0.171 e. The summed E-state index contributed by atoms with van der Waals surface area (Å²) in [5.74, 6) is 6.14. The maximum absolute atomic E-state index is 6.37. The summed E-state index contributed by atoms with van der Waals surface area (Å²) < 4.78 is 0. The lowest BCUT2D eigenvalue weighted by Crippen LogP contribution is -2.11. The third-order valence-electron chi connectivity index (χ3n) is 3.75. The quantitative estimate of drug-likeness (QED) is 0.555. The zero-order chi connectivity index (χ0) is 16.4. The van der Waals surface area contributed by atoms with Gasteiger partial charge in [0.25, 0.3) is 0 Å². The van der Waals surface area contributed by atoms with E-state index in [2.05, 4.69) is 15.6 Å². The van der Waals surface area contributed by atoms with Gasteiger partial charge in [-0.25, -0.2) is 5.84 Å². The summed E-state index contributed by atoms with van der Waals surface area (Å²) in [6.45, 7) is 4.09. The summed E-state index contributed by atoms with van der Waals surface area (Å²) >= 11 is 6.37. The van der Waals surface area contributed by atoms with E-state index in [0.29, 0.717) is 11.0 Å². The number of aromatic nitrogens is 2. The summed E-state index contributed by atoms with van der Waals surface area (Å²) in [4.78, 5) is 0. The van der Waals surface area contributed by atoms with Crippen LogP contribution in [0, 0.1) is 13.8 Å². The molecule has 0 aliphatic heterocycles. The van der Waals surface area contributed by atoms with Gasteiger partial charge in [0.15, 0.2) is 11.0 Å². The number of nitrogens with zero attached hydrogens (tertiary/aromatic N) is 2. The Morgan fingerprint density at radius 2 is 1.26 bits per heavy atom. The number of hydrazine groups is 1. The van der Waals surface area contributed by atoms with E-state index in [1.165, 1.54) is 11.1 Å². The van der Waals surface area contributed by atoms with Gasteiger partial charge in [-0.2, -0.15) is 0 Å². The highest BCUT2D eigenvalue weighted by molar-refractivity contribution is 6.33. The highest BCUT2D eigenvalue weighted by atomic mass is 35.5. The summed E-state index contributed by atoms with van der Waals surface area (Å²) in [6, 6.07) is 16.3. The van der Waals surface area contributed by atoms with Crippen molar-refractivity contribution in [3.05, 3.63) is 64.8 Å².